The Balaban J connectivity index is 1.70. The van der Waals surface area contributed by atoms with Crippen molar-refractivity contribution in [1.82, 2.24) is 5.32 Å². The van der Waals surface area contributed by atoms with Gasteiger partial charge in [-0.15, -0.1) is 0 Å². The zero-order chi connectivity index (χ0) is 56.0. The van der Waals surface area contributed by atoms with E-state index in [0.29, 0.717) is 12.8 Å². The van der Waals surface area contributed by atoms with Crippen molar-refractivity contribution >= 4 is 5.91 Å². The van der Waals surface area contributed by atoms with E-state index in [4.69, 9.17) is 18.9 Å². The number of aliphatic hydroxyl groups excluding tert-OH is 8. The Labute approximate surface area is 464 Å². The van der Waals surface area contributed by atoms with Gasteiger partial charge in [-0.2, -0.15) is 0 Å². The third-order valence-corrected chi connectivity index (χ3v) is 13.7. The molecule has 12 unspecified atom stereocenters. The molecule has 0 saturated carbocycles. The van der Waals surface area contributed by atoms with Gasteiger partial charge in [0.05, 0.1) is 32.0 Å². The Bertz CT molecular complexity index is 1700. The van der Waals surface area contributed by atoms with Crippen LogP contribution in [0, 0.1) is 0 Å². The van der Waals surface area contributed by atoms with Crippen LogP contribution in [0.2, 0.25) is 0 Å². The Kier molecular flexibility index (Phi) is 43.0. The zero-order valence-corrected chi connectivity index (χ0v) is 47.2. The summed E-state index contributed by atoms with van der Waals surface area (Å²) in [4.78, 5) is 13.2. The van der Waals surface area contributed by atoms with Crippen molar-refractivity contribution in [3.05, 3.63) is 109 Å². The molecular weight excluding hydrogens is 979 g/mol. The number of unbranched alkanes of at least 4 members (excludes halogenated alkanes) is 16. The first-order valence-electron chi connectivity index (χ1n) is 29.6. The fourth-order valence-corrected chi connectivity index (χ4v) is 8.93. The van der Waals surface area contributed by atoms with Crippen molar-refractivity contribution in [2.45, 2.75) is 261 Å². The van der Waals surface area contributed by atoms with Gasteiger partial charge in [0.25, 0.3) is 0 Å². The molecule has 0 spiro atoms. The summed E-state index contributed by atoms with van der Waals surface area (Å²) >= 11 is 0. The monoisotopic (exact) mass is 1080 g/mol. The van der Waals surface area contributed by atoms with Crippen molar-refractivity contribution in [3.8, 4) is 0 Å². The average Bonchev–Trinajstić information content (AvgIpc) is 3.43. The third-order valence-electron chi connectivity index (χ3n) is 13.7. The van der Waals surface area contributed by atoms with Gasteiger partial charge >= 0.3 is 0 Å². The van der Waals surface area contributed by atoms with Gasteiger partial charge in [0.15, 0.2) is 12.6 Å². The number of carbonyl (C=O) groups is 1. The average molecular weight is 1080 g/mol. The van der Waals surface area contributed by atoms with Gasteiger partial charge in [0.1, 0.15) is 48.8 Å². The number of ether oxygens (including phenoxy) is 4. The number of allylic oxidation sites excluding steroid dienone is 17. The summed E-state index contributed by atoms with van der Waals surface area (Å²) in [5, 5.41) is 86.9. The number of aliphatic hydroxyl groups is 8. The topological polar surface area (TPSA) is 228 Å². The lowest BCUT2D eigenvalue weighted by Gasteiger charge is -2.46. The predicted octanol–water partition coefficient (Wildman–Crippen LogP) is 10.1. The number of hydrogen-bond acceptors (Lipinski definition) is 13. The highest BCUT2D eigenvalue weighted by atomic mass is 16.7. The highest BCUT2D eigenvalue weighted by Gasteiger charge is 2.51. The number of hydrogen-bond donors (Lipinski definition) is 9. The Morgan fingerprint density at radius 1 is 0.481 bits per heavy atom. The van der Waals surface area contributed by atoms with E-state index >= 15 is 0 Å². The first-order chi connectivity index (χ1) is 37.6. The van der Waals surface area contributed by atoms with Gasteiger partial charge in [0, 0.05) is 6.42 Å². The van der Waals surface area contributed by atoms with Crippen molar-refractivity contribution < 1.29 is 64.6 Å². The van der Waals surface area contributed by atoms with Gasteiger partial charge in [0.2, 0.25) is 5.91 Å². The number of carbonyl (C=O) groups excluding carboxylic acids is 1. The van der Waals surface area contributed by atoms with E-state index in [2.05, 4.69) is 116 Å². The molecule has 9 N–H and O–H groups in total. The highest BCUT2D eigenvalue weighted by molar-refractivity contribution is 5.76. The third kappa shape index (κ3) is 33.1. The van der Waals surface area contributed by atoms with E-state index in [1.807, 2.05) is 6.08 Å². The molecular formula is C63H105NO13. The molecule has 77 heavy (non-hydrogen) atoms. The molecule has 14 heteroatoms. The second kappa shape index (κ2) is 47.5. The van der Waals surface area contributed by atoms with Crippen molar-refractivity contribution in [3.63, 3.8) is 0 Å². The fourth-order valence-electron chi connectivity index (χ4n) is 8.93. The van der Waals surface area contributed by atoms with Crippen LogP contribution in [0.4, 0.5) is 0 Å². The fraction of sp³-hybridized carbons (Fsp3) is 0.698. The normalized spacial score (nSPS) is 25.5. The van der Waals surface area contributed by atoms with Crippen LogP contribution in [-0.2, 0) is 23.7 Å². The summed E-state index contributed by atoms with van der Waals surface area (Å²) < 4.78 is 22.7. The van der Waals surface area contributed by atoms with Crippen molar-refractivity contribution in [2.24, 2.45) is 0 Å². The van der Waals surface area contributed by atoms with Crippen LogP contribution in [-0.4, -0.2) is 140 Å². The molecule has 0 radical (unpaired) electrons. The Hall–Kier alpha value is -3.35. The molecule has 2 rings (SSSR count). The summed E-state index contributed by atoms with van der Waals surface area (Å²) in [6.07, 6.45) is 49.9. The largest absolute Gasteiger partial charge is 0.394 e. The SMILES string of the molecule is CC/C=C\C/C=C\C/C=C\C/C=C\C/C=C\C/C=C\C/C=C\CCCCCCCCCCCC(=O)NC(COC1OC(CO)C(OC2OC(CO)C(O)C(O)C2O)C(O)C1O)C(O)/C=C/CC/C=C/CCCCCCCC. The molecule has 1 amide bonds. The summed E-state index contributed by atoms with van der Waals surface area (Å²) in [5.74, 6) is -0.263. The lowest BCUT2D eigenvalue weighted by Crippen LogP contribution is -2.65. The lowest BCUT2D eigenvalue weighted by molar-refractivity contribution is -0.359. The Morgan fingerprint density at radius 3 is 1.43 bits per heavy atom. The molecule has 0 aliphatic carbocycles. The Morgan fingerprint density at radius 2 is 0.909 bits per heavy atom. The van der Waals surface area contributed by atoms with Crippen LogP contribution in [0.3, 0.4) is 0 Å². The number of rotatable bonds is 45. The van der Waals surface area contributed by atoms with Crippen LogP contribution in [0.25, 0.3) is 0 Å². The molecule has 2 saturated heterocycles. The smallest absolute Gasteiger partial charge is 0.220 e. The second-order valence-electron chi connectivity index (χ2n) is 20.4. The van der Waals surface area contributed by atoms with E-state index in [1.54, 1.807) is 6.08 Å². The molecule has 440 valence electrons. The number of nitrogens with one attached hydrogen (secondary N) is 1. The van der Waals surface area contributed by atoms with Gasteiger partial charge < -0.3 is 65.1 Å². The maximum atomic E-state index is 13.2. The predicted molar refractivity (Wildman–Crippen MR) is 309 cm³/mol. The molecule has 0 bridgehead atoms. The van der Waals surface area contributed by atoms with Gasteiger partial charge in [-0.1, -0.05) is 200 Å². The molecule has 2 fully saturated rings. The van der Waals surface area contributed by atoms with Crippen LogP contribution in [0.15, 0.2) is 109 Å². The van der Waals surface area contributed by atoms with Gasteiger partial charge in [-0.05, 0) is 89.9 Å². The zero-order valence-electron chi connectivity index (χ0n) is 47.2. The maximum absolute atomic E-state index is 13.2. The van der Waals surface area contributed by atoms with Crippen LogP contribution in [0.1, 0.15) is 187 Å². The van der Waals surface area contributed by atoms with Crippen LogP contribution in [0.5, 0.6) is 0 Å². The molecule has 14 nitrogen and oxygen atoms in total. The van der Waals surface area contributed by atoms with Gasteiger partial charge in [-0.3, -0.25) is 4.79 Å². The van der Waals surface area contributed by atoms with E-state index in [-0.39, 0.29) is 18.9 Å². The minimum atomic E-state index is -1.80. The minimum absolute atomic E-state index is 0.259. The minimum Gasteiger partial charge on any atom is -0.394 e. The van der Waals surface area contributed by atoms with E-state index in [1.165, 1.54) is 70.6 Å². The first-order valence-corrected chi connectivity index (χ1v) is 29.6. The molecule has 2 heterocycles. The summed E-state index contributed by atoms with van der Waals surface area (Å²) in [6, 6.07) is -0.941. The number of amides is 1. The van der Waals surface area contributed by atoms with E-state index in [9.17, 15) is 45.6 Å². The summed E-state index contributed by atoms with van der Waals surface area (Å²) in [6.45, 7) is 2.61. The molecule has 0 aromatic heterocycles. The van der Waals surface area contributed by atoms with E-state index in [0.717, 1.165) is 83.5 Å². The van der Waals surface area contributed by atoms with Gasteiger partial charge in [-0.25, -0.2) is 0 Å². The molecule has 2 aliphatic heterocycles. The molecule has 0 aromatic carbocycles. The lowest BCUT2D eigenvalue weighted by atomic mass is 9.97. The quantitative estimate of drug-likeness (QED) is 0.0205. The van der Waals surface area contributed by atoms with Crippen LogP contribution >= 0.6 is 0 Å². The molecule has 0 aromatic rings. The molecule has 12 atom stereocenters. The standard InChI is InChI=1S/C63H105NO13/c1-3-5-7-9-11-13-15-17-18-19-20-21-22-23-24-25-26-27-28-29-30-31-32-33-34-35-37-39-41-43-45-47-55(68)64-51(52(67)46-44-42-40-38-36-16-14-12-10-8-6-4-2)50-74-62-60(73)58(71)61(54(49-66)76-62)77-63-59(72)57(70)56(69)53(48-65)75-63/h5,7,11,13,17-18,20-21,23-24,26-27,29-30,36,38,44,46,51-54,56-63,65-67,69-73H,3-4,6,8-10,12,14-16,19,22,25,28,31-35,37,39-43,45,47-50H2,1-2H3,(H,64,68)/b7-5-,13-11-,18-17-,21-20-,24-23-,27-26-,30-29-,38-36+,46-44+. The summed E-state index contributed by atoms with van der Waals surface area (Å²) in [7, 11) is 0. The first kappa shape index (κ1) is 69.8. The van der Waals surface area contributed by atoms with Crippen molar-refractivity contribution in [2.75, 3.05) is 19.8 Å². The highest BCUT2D eigenvalue weighted by Crippen LogP contribution is 2.30. The van der Waals surface area contributed by atoms with Crippen molar-refractivity contribution in [1.29, 1.82) is 0 Å². The second-order valence-corrected chi connectivity index (χ2v) is 20.4. The summed E-state index contributed by atoms with van der Waals surface area (Å²) in [5.41, 5.74) is 0. The molecule has 2 aliphatic rings. The maximum Gasteiger partial charge on any atom is 0.220 e. The van der Waals surface area contributed by atoms with Crippen LogP contribution < -0.4 is 5.32 Å². The van der Waals surface area contributed by atoms with E-state index < -0.39 is 86.8 Å².